The summed E-state index contributed by atoms with van der Waals surface area (Å²) in [5.74, 6) is 0.967. The van der Waals surface area contributed by atoms with Crippen LogP contribution in [-0.2, 0) is 9.53 Å². The van der Waals surface area contributed by atoms with Crippen molar-refractivity contribution in [2.45, 2.75) is 52.2 Å². The van der Waals surface area contributed by atoms with Crippen molar-refractivity contribution in [3.8, 4) is 0 Å². The standard InChI is InChI=1S/C11H20O2/c1-8(2)11(9(3)4)6-5-10(7-12)13-11/h7-10H,5-6H2,1-4H3. The topological polar surface area (TPSA) is 26.3 Å². The quantitative estimate of drug-likeness (QED) is 0.630. The van der Waals surface area contributed by atoms with Crippen LogP contribution in [0.4, 0.5) is 0 Å². The van der Waals surface area contributed by atoms with Crippen LogP contribution in [-0.4, -0.2) is 18.0 Å². The van der Waals surface area contributed by atoms with E-state index in [1.807, 2.05) is 0 Å². The lowest BCUT2D eigenvalue weighted by molar-refractivity contribution is -0.132. The summed E-state index contributed by atoms with van der Waals surface area (Å²) >= 11 is 0. The first kappa shape index (κ1) is 10.7. The van der Waals surface area contributed by atoms with Gasteiger partial charge < -0.3 is 9.53 Å². The van der Waals surface area contributed by atoms with E-state index in [1.165, 1.54) is 0 Å². The predicted octanol–water partition coefficient (Wildman–Crippen LogP) is 2.42. The van der Waals surface area contributed by atoms with Crippen LogP contribution in [0.2, 0.25) is 0 Å². The average Bonchev–Trinajstić information content (AvgIpc) is 2.48. The predicted molar refractivity (Wildman–Crippen MR) is 52.6 cm³/mol. The van der Waals surface area contributed by atoms with Gasteiger partial charge in [0.05, 0.1) is 5.60 Å². The molecule has 1 atom stereocenters. The molecule has 1 aliphatic heterocycles. The minimum atomic E-state index is -0.162. The molecule has 0 spiro atoms. The zero-order valence-electron chi connectivity index (χ0n) is 9.04. The van der Waals surface area contributed by atoms with E-state index in [0.29, 0.717) is 11.8 Å². The SMILES string of the molecule is CC(C)C1(C(C)C)CCC(C=O)O1. The summed E-state index contributed by atoms with van der Waals surface area (Å²) in [6, 6.07) is 0. The van der Waals surface area contributed by atoms with E-state index in [-0.39, 0.29) is 11.7 Å². The Morgan fingerprint density at radius 3 is 2.08 bits per heavy atom. The van der Waals surface area contributed by atoms with Gasteiger partial charge in [0.25, 0.3) is 0 Å². The fourth-order valence-electron chi connectivity index (χ4n) is 2.38. The molecule has 0 N–H and O–H groups in total. The van der Waals surface area contributed by atoms with Crippen molar-refractivity contribution in [1.82, 2.24) is 0 Å². The maximum absolute atomic E-state index is 10.6. The van der Waals surface area contributed by atoms with E-state index in [0.717, 1.165) is 19.1 Å². The van der Waals surface area contributed by atoms with Crippen molar-refractivity contribution < 1.29 is 9.53 Å². The van der Waals surface area contributed by atoms with Gasteiger partial charge >= 0.3 is 0 Å². The molecule has 1 fully saturated rings. The van der Waals surface area contributed by atoms with Gasteiger partial charge in [0.2, 0.25) is 0 Å². The van der Waals surface area contributed by atoms with E-state index < -0.39 is 0 Å². The summed E-state index contributed by atoms with van der Waals surface area (Å²) in [7, 11) is 0. The minimum absolute atomic E-state index is 0.0639. The summed E-state index contributed by atoms with van der Waals surface area (Å²) in [5, 5.41) is 0. The third-order valence-electron chi connectivity index (χ3n) is 3.30. The van der Waals surface area contributed by atoms with Gasteiger partial charge in [-0.05, 0) is 24.7 Å². The largest absolute Gasteiger partial charge is 0.364 e. The molecule has 0 amide bonds. The third kappa shape index (κ3) is 1.78. The average molecular weight is 184 g/mol. The van der Waals surface area contributed by atoms with Crippen LogP contribution in [0.3, 0.4) is 0 Å². The summed E-state index contributed by atoms with van der Waals surface area (Å²) in [5.41, 5.74) is -0.0639. The Morgan fingerprint density at radius 2 is 1.85 bits per heavy atom. The highest BCUT2D eigenvalue weighted by Gasteiger charge is 2.44. The van der Waals surface area contributed by atoms with Crippen molar-refractivity contribution in [2.24, 2.45) is 11.8 Å². The summed E-state index contributed by atoms with van der Waals surface area (Å²) in [6.07, 6.45) is 2.68. The molecule has 0 aromatic carbocycles. The number of rotatable bonds is 3. The van der Waals surface area contributed by atoms with Gasteiger partial charge in [0.1, 0.15) is 12.4 Å². The van der Waals surface area contributed by atoms with Gasteiger partial charge in [-0.2, -0.15) is 0 Å². The Kier molecular flexibility index (Phi) is 3.12. The normalized spacial score (nSPS) is 27.1. The zero-order chi connectivity index (χ0) is 10.1. The molecule has 76 valence electrons. The summed E-state index contributed by atoms with van der Waals surface area (Å²) < 4.78 is 5.85. The number of hydrogen-bond acceptors (Lipinski definition) is 2. The molecule has 1 saturated heterocycles. The van der Waals surface area contributed by atoms with Crippen LogP contribution in [0.1, 0.15) is 40.5 Å². The maximum Gasteiger partial charge on any atom is 0.148 e. The van der Waals surface area contributed by atoms with Crippen molar-refractivity contribution in [1.29, 1.82) is 0 Å². The van der Waals surface area contributed by atoms with E-state index >= 15 is 0 Å². The Bertz CT molecular complexity index is 177. The highest BCUT2D eigenvalue weighted by atomic mass is 16.5. The Balaban J connectivity index is 2.77. The number of ether oxygens (including phenoxy) is 1. The number of hydrogen-bond donors (Lipinski definition) is 0. The van der Waals surface area contributed by atoms with Crippen LogP contribution in [0.25, 0.3) is 0 Å². The first-order valence-corrected chi connectivity index (χ1v) is 5.16. The fourth-order valence-corrected chi connectivity index (χ4v) is 2.38. The van der Waals surface area contributed by atoms with Crippen LogP contribution < -0.4 is 0 Å². The van der Waals surface area contributed by atoms with Crippen molar-refractivity contribution in [2.75, 3.05) is 0 Å². The smallest absolute Gasteiger partial charge is 0.148 e. The lowest BCUT2D eigenvalue weighted by Crippen LogP contribution is -2.40. The van der Waals surface area contributed by atoms with Crippen molar-refractivity contribution in [3.05, 3.63) is 0 Å². The van der Waals surface area contributed by atoms with Crippen LogP contribution >= 0.6 is 0 Å². The molecule has 0 radical (unpaired) electrons. The highest BCUT2D eigenvalue weighted by molar-refractivity contribution is 5.56. The van der Waals surface area contributed by atoms with Gasteiger partial charge in [-0.15, -0.1) is 0 Å². The molecule has 0 saturated carbocycles. The second-order valence-corrected chi connectivity index (χ2v) is 4.60. The number of aldehydes is 1. The van der Waals surface area contributed by atoms with Gasteiger partial charge in [-0.25, -0.2) is 0 Å². The van der Waals surface area contributed by atoms with E-state index in [4.69, 9.17) is 4.74 Å². The Hall–Kier alpha value is -0.370. The van der Waals surface area contributed by atoms with E-state index in [2.05, 4.69) is 27.7 Å². The molecule has 1 heterocycles. The van der Waals surface area contributed by atoms with Gasteiger partial charge in [0.15, 0.2) is 0 Å². The molecule has 0 bridgehead atoms. The molecule has 1 aliphatic rings. The second-order valence-electron chi connectivity index (χ2n) is 4.60. The first-order valence-electron chi connectivity index (χ1n) is 5.16. The van der Waals surface area contributed by atoms with Crippen molar-refractivity contribution in [3.63, 3.8) is 0 Å². The second kappa shape index (κ2) is 3.79. The maximum atomic E-state index is 10.6. The molecule has 1 rings (SSSR count). The van der Waals surface area contributed by atoms with Crippen LogP contribution in [0.5, 0.6) is 0 Å². The molecule has 1 unspecified atom stereocenters. The van der Waals surface area contributed by atoms with Crippen molar-refractivity contribution >= 4 is 6.29 Å². The third-order valence-corrected chi connectivity index (χ3v) is 3.30. The molecule has 2 nitrogen and oxygen atoms in total. The van der Waals surface area contributed by atoms with E-state index in [9.17, 15) is 4.79 Å². The highest BCUT2D eigenvalue weighted by Crippen LogP contribution is 2.41. The Labute approximate surface area is 80.7 Å². The monoisotopic (exact) mass is 184 g/mol. The number of carbonyl (C=O) groups is 1. The molecule has 13 heavy (non-hydrogen) atoms. The van der Waals surface area contributed by atoms with Crippen LogP contribution in [0.15, 0.2) is 0 Å². The van der Waals surface area contributed by atoms with Gasteiger partial charge in [0, 0.05) is 0 Å². The minimum Gasteiger partial charge on any atom is -0.364 e. The van der Waals surface area contributed by atoms with Gasteiger partial charge in [-0.3, -0.25) is 0 Å². The lowest BCUT2D eigenvalue weighted by Gasteiger charge is -2.37. The molecular formula is C11H20O2. The van der Waals surface area contributed by atoms with Crippen LogP contribution in [0, 0.1) is 11.8 Å². The fraction of sp³-hybridized carbons (Fsp3) is 0.909. The zero-order valence-corrected chi connectivity index (χ0v) is 9.04. The van der Waals surface area contributed by atoms with Gasteiger partial charge in [-0.1, -0.05) is 27.7 Å². The molecular weight excluding hydrogens is 164 g/mol. The first-order chi connectivity index (χ1) is 6.03. The lowest BCUT2D eigenvalue weighted by atomic mass is 9.78. The molecule has 2 heteroatoms. The number of carbonyl (C=O) groups excluding carboxylic acids is 1. The summed E-state index contributed by atoms with van der Waals surface area (Å²) in [6.45, 7) is 8.70. The molecule has 0 aromatic heterocycles. The summed E-state index contributed by atoms with van der Waals surface area (Å²) in [4.78, 5) is 10.6. The molecule has 0 aliphatic carbocycles. The van der Waals surface area contributed by atoms with E-state index in [1.54, 1.807) is 0 Å². The Morgan fingerprint density at radius 1 is 1.31 bits per heavy atom. The molecule has 0 aromatic rings.